The van der Waals surface area contributed by atoms with E-state index in [9.17, 15) is 14.4 Å². The van der Waals surface area contributed by atoms with E-state index in [4.69, 9.17) is 4.74 Å². The number of carbonyl (C=O) groups is 3. The summed E-state index contributed by atoms with van der Waals surface area (Å²) in [6.45, 7) is 1.71. The van der Waals surface area contributed by atoms with Gasteiger partial charge in [0.25, 0.3) is 0 Å². The lowest BCUT2D eigenvalue weighted by atomic mass is 10.1. The highest BCUT2D eigenvalue weighted by Gasteiger charge is 2.36. The molecule has 31 heavy (non-hydrogen) atoms. The lowest BCUT2D eigenvalue weighted by molar-refractivity contribution is -0.122. The molecule has 7 nitrogen and oxygen atoms in total. The molecule has 0 bridgehead atoms. The van der Waals surface area contributed by atoms with Crippen LogP contribution in [0.4, 0.5) is 17.1 Å². The predicted octanol–water partition coefficient (Wildman–Crippen LogP) is 3.80. The first-order chi connectivity index (χ1) is 15.0. The second-order valence-electron chi connectivity index (χ2n) is 7.49. The fraction of sp³-hybridized carbons (Fsp3) is 0.208. The highest BCUT2D eigenvalue weighted by Crippen LogP contribution is 2.33. The van der Waals surface area contributed by atoms with Gasteiger partial charge >= 0.3 is 0 Å². The second kappa shape index (κ2) is 8.47. The normalized spacial score (nSPS) is 15.7. The Labute approximate surface area is 180 Å². The van der Waals surface area contributed by atoms with Gasteiger partial charge in [-0.15, -0.1) is 0 Å². The molecule has 1 aliphatic heterocycles. The molecule has 3 aromatic rings. The van der Waals surface area contributed by atoms with Crippen LogP contribution in [0.1, 0.15) is 13.3 Å². The molecule has 0 spiro atoms. The Kier molecular flexibility index (Phi) is 5.58. The molecule has 1 heterocycles. The SMILES string of the molecule is COc1ccc(NC(C)=O)cc1NC(=O)[C@@H]1CC(=O)N(c2cccc3ccccc23)C1. The van der Waals surface area contributed by atoms with Gasteiger partial charge in [0.1, 0.15) is 5.75 Å². The van der Waals surface area contributed by atoms with Crippen LogP contribution in [-0.2, 0) is 14.4 Å². The van der Waals surface area contributed by atoms with E-state index >= 15 is 0 Å². The van der Waals surface area contributed by atoms with Crippen LogP contribution in [0.25, 0.3) is 10.8 Å². The largest absolute Gasteiger partial charge is 0.495 e. The molecule has 1 saturated heterocycles. The number of carbonyl (C=O) groups excluding carboxylic acids is 3. The van der Waals surface area contributed by atoms with Crippen molar-refractivity contribution in [1.82, 2.24) is 0 Å². The zero-order valence-electron chi connectivity index (χ0n) is 17.3. The van der Waals surface area contributed by atoms with Gasteiger partial charge in [0.15, 0.2) is 0 Å². The summed E-state index contributed by atoms with van der Waals surface area (Å²) in [5, 5.41) is 7.55. The number of rotatable bonds is 5. The molecule has 0 unspecified atom stereocenters. The van der Waals surface area contributed by atoms with E-state index < -0.39 is 5.92 Å². The minimum atomic E-state index is -0.499. The molecular formula is C24H23N3O4. The molecule has 2 N–H and O–H groups in total. The minimum Gasteiger partial charge on any atom is -0.495 e. The van der Waals surface area contributed by atoms with Crippen molar-refractivity contribution in [2.24, 2.45) is 5.92 Å². The molecule has 1 aliphatic rings. The molecule has 158 valence electrons. The molecule has 3 amide bonds. The third-order valence-corrected chi connectivity index (χ3v) is 5.33. The van der Waals surface area contributed by atoms with Crippen molar-refractivity contribution in [3.8, 4) is 5.75 Å². The first kappa shape index (κ1) is 20.4. The lowest BCUT2D eigenvalue weighted by Crippen LogP contribution is -2.28. The van der Waals surface area contributed by atoms with Crippen molar-refractivity contribution < 1.29 is 19.1 Å². The molecule has 4 rings (SSSR count). The number of fused-ring (bicyclic) bond motifs is 1. The number of hydrogen-bond donors (Lipinski definition) is 2. The van der Waals surface area contributed by atoms with Gasteiger partial charge in [0.2, 0.25) is 17.7 Å². The van der Waals surface area contributed by atoms with Gasteiger partial charge in [0, 0.05) is 31.0 Å². The summed E-state index contributed by atoms with van der Waals surface area (Å²) < 4.78 is 5.32. The quantitative estimate of drug-likeness (QED) is 0.661. The van der Waals surface area contributed by atoms with Crippen LogP contribution < -0.4 is 20.3 Å². The fourth-order valence-corrected chi connectivity index (χ4v) is 3.88. The maximum absolute atomic E-state index is 13.0. The van der Waals surface area contributed by atoms with E-state index in [0.717, 1.165) is 16.5 Å². The first-order valence-electron chi connectivity index (χ1n) is 10.0. The number of nitrogens with one attached hydrogen (secondary N) is 2. The molecule has 3 aromatic carbocycles. The van der Waals surface area contributed by atoms with Gasteiger partial charge < -0.3 is 20.3 Å². The van der Waals surface area contributed by atoms with E-state index in [1.165, 1.54) is 14.0 Å². The van der Waals surface area contributed by atoms with E-state index in [1.54, 1.807) is 23.1 Å². The Morgan fingerprint density at radius 3 is 2.58 bits per heavy atom. The summed E-state index contributed by atoms with van der Waals surface area (Å²) in [6.07, 6.45) is 0.128. The van der Waals surface area contributed by atoms with Crippen LogP contribution >= 0.6 is 0 Å². The van der Waals surface area contributed by atoms with E-state index in [-0.39, 0.29) is 24.1 Å². The van der Waals surface area contributed by atoms with Crippen LogP contribution in [0.15, 0.2) is 60.7 Å². The Hall–Kier alpha value is -3.87. The van der Waals surface area contributed by atoms with Gasteiger partial charge in [-0.05, 0) is 29.7 Å². The third-order valence-electron chi connectivity index (χ3n) is 5.33. The summed E-state index contributed by atoms with van der Waals surface area (Å²) in [7, 11) is 1.50. The smallest absolute Gasteiger partial charge is 0.229 e. The van der Waals surface area contributed by atoms with Crippen LogP contribution in [0.2, 0.25) is 0 Å². The third kappa shape index (κ3) is 4.21. The van der Waals surface area contributed by atoms with Crippen LogP contribution in [-0.4, -0.2) is 31.4 Å². The number of nitrogens with zero attached hydrogens (tertiary/aromatic N) is 1. The monoisotopic (exact) mass is 417 g/mol. The standard InChI is InChI=1S/C24H23N3O4/c1-15(28)25-18-10-11-22(31-2)20(13-18)26-24(30)17-12-23(29)27(14-17)21-9-5-7-16-6-3-4-8-19(16)21/h3-11,13,17H,12,14H2,1-2H3,(H,25,28)(H,26,30)/t17-/m1/s1. The Morgan fingerprint density at radius 2 is 1.81 bits per heavy atom. The average Bonchev–Trinajstić information content (AvgIpc) is 3.15. The number of methoxy groups -OCH3 is 1. The van der Waals surface area contributed by atoms with Gasteiger partial charge in [-0.25, -0.2) is 0 Å². The molecule has 0 radical (unpaired) electrons. The number of anilines is 3. The maximum Gasteiger partial charge on any atom is 0.229 e. The number of hydrogen-bond acceptors (Lipinski definition) is 4. The average molecular weight is 417 g/mol. The molecular weight excluding hydrogens is 394 g/mol. The van der Waals surface area contributed by atoms with Crippen LogP contribution in [0.3, 0.4) is 0 Å². The summed E-state index contributed by atoms with van der Waals surface area (Å²) in [4.78, 5) is 38.7. The molecule has 0 saturated carbocycles. The Morgan fingerprint density at radius 1 is 1.03 bits per heavy atom. The topological polar surface area (TPSA) is 87.7 Å². The van der Waals surface area contributed by atoms with Crippen molar-refractivity contribution in [3.05, 3.63) is 60.7 Å². The van der Waals surface area contributed by atoms with Gasteiger partial charge in [-0.1, -0.05) is 36.4 Å². The number of benzene rings is 3. The number of amides is 3. The highest BCUT2D eigenvalue weighted by atomic mass is 16.5. The Balaban J connectivity index is 1.54. The van der Waals surface area contributed by atoms with Crippen molar-refractivity contribution in [2.75, 3.05) is 29.2 Å². The van der Waals surface area contributed by atoms with Gasteiger partial charge in [-0.3, -0.25) is 14.4 Å². The summed E-state index contributed by atoms with van der Waals surface area (Å²) in [5.74, 6) is -0.599. The lowest BCUT2D eigenvalue weighted by Gasteiger charge is -2.19. The Bertz CT molecular complexity index is 1170. The van der Waals surface area contributed by atoms with Crippen molar-refractivity contribution in [2.45, 2.75) is 13.3 Å². The fourth-order valence-electron chi connectivity index (χ4n) is 3.88. The van der Waals surface area contributed by atoms with Crippen molar-refractivity contribution in [3.63, 3.8) is 0 Å². The molecule has 0 aliphatic carbocycles. The van der Waals surface area contributed by atoms with Gasteiger partial charge in [-0.2, -0.15) is 0 Å². The molecule has 0 aromatic heterocycles. The molecule has 1 atom stereocenters. The van der Waals surface area contributed by atoms with E-state index in [0.29, 0.717) is 23.7 Å². The minimum absolute atomic E-state index is 0.0875. The summed E-state index contributed by atoms with van der Waals surface area (Å²) >= 11 is 0. The predicted molar refractivity (Wildman–Crippen MR) is 120 cm³/mol. The van der Waals surface area contributed by atoms with Gasteiger partial charge in [0.05, 0.1) is 24.4 Å². The molecule has 7 heteroatoms. The zero-order valence-corrected chi connectivity index (χ0v) is 17.3. The van der Waals surface area contributed by atoms with E-state index in [2.05, 4.69) is 10.6 Å². The first-order valence-corrected chi connectivity index (χ1v) is 10.0. The number of ether oxygens (including phenoxy) is 1. The van der Waals surface area contributed by atoms with E-state index in [1.807, 2.05) is 42.5 Å². The second-order valence-corrected chi connectivity index (χ2v) is 7.49. The van der Waals surface area contributed by atoms with Crippen molar-refractivity contribution >= 4 is 45.6 Å². The van der Waals surface area contributed by atoms with Crippen LogP contribution in [0.5, 0.6) is 5.75 Å². The summed E-state index contributed by atoms with van der Waals surface area (Å²) in [6, 6.07) is 18.7. The highest BCUT2D eigenvalue weighted by molar-refractivity contribution is 6.08. The van der Waals surface area contributed by atoms with Crippen LogP contribution in [0, 0.1) is 5.92 Å². The zero-order chi connectivity index (χ0) is 22.0. The summed E-state index contributed by atoms with van der Waals surface area (Å²) in [5.41, 5.74) is 1.79. The maximum atomic E-state index is 13.0. The molecule has 1 fully saturated rings. The van der Waals surface area contributed by atoms with Crippen molar-refractivity contribution in [1.29, 1.82) is 0 Å².